The summed E-state index contributed by atoms with van der Waals surface area (Å²) in [4.78, 5) is 36.4. The summed E-state index contributed by atoms with van der Waals surface area (Å²) >= 11 is 6.64. The number of rotatable bonds is 9. The van der Waals surface area contributed by atoms with Gasteiger partial charge in [-0.15, -0.1) is 0 Å². The average molecular weight is 574 g/mol. The largest absolute Gasteiger partial charge is 0.461 e. The van der Waals surface area contributed by atoms with Crippen LogP contribution in [-0.2, 0) is 22.5 Å². The van der Waals surface area contributed by atoms with E-state index in [1.165, 1.54) is 6.08 Å². The lowest BCUT2D eigenvalue weighted by atomic mass is 10.0. The average Bonchev–Trinajstić information content (AvgIpc) is 3.83. The van der Waals surface area contributed by atoms with Crippen LogP contribution in [0.3, 0.4) is 0 Å². The molecule has 0 radical (unpaired) electrons. The molecule has 4 heterocycles. The fourth-order valence-corrected chi connectivity index (χ4v) is 5.91. The number of carbonyl (C=O) groups excluding carboxylic acids is 1. The molecule has 1 aliphatic carbocycles. The number of hydrogen-bond acceptors (Lipinski definition) is 8. The van der Waals surface area contributed by atoms with Gasteiger partial charge >= 0.3 is 6.01 Å². The van der Waals surface area contributed by atoms with Crippen LogP contribution in [0.15, 0.2) is 43.2 Å². The Morgan fingerprint density at radius 2 is 2.05 bits per heavy atom. The Morgan fingerprint density at radius 3 is 2.85 bits per heavy atom. The van der Waals surface area contributed by atoms with Crippen molar-refractivity contribution in [3.63, 3.8) is 0 Å². The first-order valence-electron chi connectivity index (χ1n) is 14.0. The SMILES string of the molecule is [C-]#[N+]C[C@H]1CN(c2nc(OCCOC3CC3)nc3c2CCN(c2cncc4cccc(Cl)c24)C3)CCN1C(=O)C=C. The zero-order valence-corrected chi connectivity index (χ0v) is 23.6. The minimum Gasteiger partial charge on any atom is -0.461 e. The smallest absolute Gasteiger partial charge is 0.318 e. The van der Waals surface area contributed by atoms with Crippen molar-refractivity contribution in [1.82, 2.24) is 19.9 Å². The van der Waals surface area contributed by atoms with Gasteiger partial charge in [-0.25, -0.2) is 6.57 Å². The van der Waals surface area contributed by atoms with E-state index in [1.807, 2.05) is 30.6 Å². The van der Waals surface area contributed by atoms with E-state index in [9.17, 15) is 4.79 Å². The predicted molar refractivity (Wildman–Crippen MR) is 157 cm³/mol. The standard InChI is InChI=1S/C30H32ClN7O3/c1-3-27(39)38-12-11-37(18-21(38)16-32-2)29-23-9-10-36(26-17-33-15-20-5-4-6-24(31)28(20)26)19-25(23)34-30(35-29)41-14-13-40-22-7-8-22/h3-6,15,17,21-22H,1,7-14,16,18-19H2/t21-/m0/s1. The summed E-state index contributed by atoms with van der Waals surface area (Å²) < 4.78 is 11.8. The van der Waals surface area contributed by atoms with Crippen LogP contribution in [0.2, 0.25) is 5.02 Å². The summed E-state index contributed by atoms with van der Waals surface area (Å²) in [7, 11) is 0. The Bertz CT molecular complexity index is 1500. The highest BCUT2D eigenvalue weighted by Crippen LogP contribution is 2.36. The molecule has 11 heteroatoms. The van der Waals surface area contributed by atoms with Crippen molar-refractivity contribution in [2.24, 2.45) is 0 Å². The Kier molecular flexibility index (Phi) is 7.90. The Labute approximate surface area is 244 Å². The van der Waals surface area contributed by atoms with Gasteiger partial charge in [0.25, 0.3) is 0 Å². The maximum Gasteiger partial charge on any atom is 0.318 e. The van der Waals surface area contributed by atoms with E-state index >= 15 is 0 Å². The first-order valence-corrected chi connectivity index (χ1v) is 14.4. The third kappa shape index (κ3) is 5.78. The van der Waals surface area contributed by atoms with Gasteiger partial charge in [-0.2, -0.15) is 9.97 Å². The number of hydrogen-bond donors (Lipinski definition) is 0. The van der Waals surface area contributed by atoms with Gasteiger partial charge in [-0.1, -0.05) is 30.3 Å². The number of anilines is 2. The van der Waals surface area contributed by atoms with E-state index in [1.54, 1.807) is 4.90 Å². The van der Waals surface area contributed by atoms with Gasteiger partial charge in [0.2, 0.25) is 12.5 Å². The number of halogens is 1. The Hall–Kier alpha value is -3.94. The van der Waals surface area contributed by atoms with Crippen LogP contribution in [0.25, 0.3) is 15.6 Å². The third-order valence-electron chi connectivity index (χ3n) is 7.81. The molecule has 0 bridgehead atoms. The fourth-order valence-electron chi connectivity index (χ4n) is 5.63. The fraction of sp³-hybridized carbons (Fsp3) is 0.433. The lowest BCUT2D eigenvalue weighted by molar-refractivity contribution is -0.128. The number of nitrogens with zero attached hydrogens (tertiary/aromatic N) is 7. The highest BCUT2D eigenvalue weighted by atomic mass is 35.5. The van der Waals surface area contributed by atoms with E-state index in [-0.39, 0.29) is 18.5 Å². The summed E-state index contributed by atoms with van der Waals surface area (Å²) in [6.07, 6.45) is 8.28. The van der Waals surface area contributed by atoms with E-state index in [2.05, 4.69) is 26.2 Å². The Morgan fingerprint density at radius 1 is 1.17 bits per heavy atom. The van der Waals surface area contributed by atoms with Crippen molar-refractivity contribution in [3.05, 3.63) is 70.9 Å². The van der Waals surface area contributed by atoms with Crippen LogP contribution in [0.4, 0.5) is 11.5 Å². The van der Waals surface area contributed by atoms with Crippen LogP contribution in [0.1, 0.15) is 24.1 Å². The number of carbonyl (C=O) groups is 1. The number of pyridine rings is 1. The topological polar surface area (TPSA) is 88.3 Å². The molecule has 1 aromatic carbocycles. The molecule has 3 aliphatic rings. The second-order valence-electron chi connectivity index (χ2n) is 10.5. The van der Waals surface area contributed by atoms with Crippen LogP contribution in [0, 0.1) is 6.57 Å². The number of ether oxygens (including phenoxy) is 2. The first kappa shape index (κ1) is 27.2. The summed E-state index contributed by atoms with van der Waals surface area (Å²) in [6.45, 7) is 15.0. The molecule has 1 saturated heterocycles. The monoisotopic (exact) mass is 573 g/mol. The highest BCUT2D eigenvalue weighted by molar-refractivity contribution is 6.36. The van der Waals surface area contributed by atoms with Gasteiger partial charge in [-0.05, 0) is 31.4 Å². The van der Waals surface area contributed by atoms with Crippen molar-refractivity contribution in [1.29, 1.82) is 0 Å². The van der Waals surface area contributed by atoms with Gasteiger partial charge in [0.15, 0.2) is 0 Å². The van der Waals surface area contributed by atoms with Crippen molar-refractivity contribution in [3.8, 4) is 6.01 Å². The first-order chi connectivity index (χ1) is 20.1. The summed E-state index contributed by atoms with van der Waals surface area (Å²) in [5.41, 5.74) is 2.91. The van der Waals surface area contributed by atoms with Crippen LogP contribution in [-0.4, -0.2) is 83.8 Å². The van der Waals surface area contributed by atoms with Crippen LogP contribution >= 0.6 is 11.6 Å². The molecule has 2 aliphatic heterocycles. The minimum atomic E-state index is -0.252. The maximum atomic E-state index is 12.5. The molecule has 2 aromatic heterocycles. The van der Waals surface area contributed by atoms with Gasteiger partial charge in [0.1, 0.15) is 18.5 Å². The molecular formula is C30H32ClN7O3. The van der Waals surface area contributed by atoms with Gasteiger partial charge in [0, 0.05) is 48.7 Å². The molecule has 0 spiro atoms. The third-order valence-corrected chi connectivity index (χ3v) is 8.13. The van der Waals surface area contributed by atoms with Crippen molar-refractivity contribution in [2.75, 3.05) is 55.7 Å². The van der Waals surface area contributed by atoms with Gasteiger partial charge < -0.3 is 29.0 Å². The molecule has 1 atom stereocenters. The van der Waals surface area contributed by atoms with E-state index in [0.717, 1.165) is 59.3 Å². The normalized spacial score (nSPS) is 18.6. The quantitative estimate of drug-likeness (QED) is 0.216. The Balaban J connectivity index is 1.31. The van der Waals surface area contributed by atoms with Crippen molar-refractivity contribution >= 4 is 39.8 Å². The molecule has 0 N–H and O–H groups in total. The van der Waals surface area contributed by atoms with E-state index < -0.39 is 0 Å². The minimum absolute atomic E-state index is 0.152. The van der Waals surface area contributed by atoms with Crippen molar-refractivity contribution < 1.29 is 14.3 Å². The summed E-state index contributed by atoms with van der Waals surface area (Å²) in [6, 6.07) is 5.90. The lowest BCUT2D eigenvalue weighted by Crippen LogP contribution is -2.56. The molecule has 2 fully saturated rings. The number of amides is 1. The number of aromatic nitrogens is 3. The zero-order chi connectivity index (χ0) is 28.3. The number of fused-ring (bicyclic) bond motifs is 2. The van der Waals surface area contributed by atoms with Crippen LogP contribution < -0.4 is 14.5 Å². The predicted octanol–water partition coefficient (Wildman–Crippen LogP) is 3.92. The second kappa shape index (κ2) is 11.9. The summed E-state index contributed by atoms with van der Waals surface area (Å²) in [5.74, 6) is 0.656. The molecule has 1 saturated carbocycles. The lowest BCUT2D eigenvalue weighted by Gasteiger charge is -2.41. The molecule has 10 nitrogen and oxygen atoms in total. The molecule has 41 heavy (non-hydrogen) atoms. The molecular weight excluding hydrogens is 542 g/mol. The molecule has 6 rings (SSSR count). The zero-order valence-electron chi connectivity index (χ0n) is 22.8. The van der Waals surface area contributed by atoms with Crippen LogP contribution in [0.5, 0.6) is 6.01 Å². The molecule has 0 unspecified atom stereocenters. The van der Waals surface area contributed by atoms with Crippen molar-refractivity contribution in [2.45, 2.75) is 38.0 Å². The second-order valence-corrected chi connectivity index (χ2v) is 10.9. The molecule has 3 aromatic rings. The summed E-state index contributed by atoms with van der Waals surface area (Å²) in [5, 5.41) is 2.65. The highest BCUT2D eigenvalue weighted by Gasteiger charge is 2.35. The van der Waals surface area contributed by atoms with E-state index in [4.69, 9.17) is 37.6 Å². The molecule has 212 valence electrons. The number of piperazine rings is 1. The van der Waals surface area contributed by atoms with E-state index in [0.29, 0.717) is 56.5 Å². The number of benzene rings is 1. The van der Waals surface area contributed by atoms with Gasteiger partial charge in [-0.3, -0.25) is 9.78 Å². The molecule has 1 amide bonds. The maximum absolute atomic E-state index is 12.5. The van der Waals surface area contributed by atoms with Gasteiger partial charge in [0.05, 0.1) is 41.9 Å².